The molecule has 0 bridgehead atoms. The molecule has 0 amide bonds. The topological polar surface area (TPSA) is 12.9 Å². The third kappa shape index (κ3) is 2.03. The summed E-state index contributed by atoms with van der Waals surface area (Å²) in [6.07, 6.45) is 4.89. The van der Waals surface area contributed by atoms with E-state index in [0.29, 0.717) is 5.92 Å². The standard InChI is InChI=1S/C9H12BrN/c1-3-7(2)8-6-11-5-4-9(8)10/h4-7H,3H2,1-2H3. The van der Waals surface area contributed by atoms with Crippen LogP contribution in [0.4, 0.5) is 0 Å². The number of rotatable bonds is 2. The summed E-state index contributed by atoms with van der Waals surface area (Å²) in [6, 6.07) is 1.99. The lowest BCUT2D eigenvalue weighted by Gasteiger charge is -2.09. The summed E-state index contributed by atoms with van der Waals surface area (Å²) in [4.78, 5) is 4.08. The van der Waals surface area contributed by atoms with E-state index in [1.165, 1.54) is 10.0 Å². The van der Waals surface area contributed by atoms with E-state index < -0.39 is 0 Å². The third-order valence-corrected chi connectivity index (χ3v) is 2.66. The van der Waals surface area contributed by atoms with Crippen molar-refractivity contribution in [2.24, 2.45) is 0 Å². The molecular weight excluding hydrogens is 202 g/mol. The highest BCUT2D eigenvalue weighted by Crippen LogP contribution is 2.25. The second kappa shape index (κ2) is 3.86. The van der Waals surface area contributed by atoms with Gasteiger partial charge in [0.2, 0.25) is 0 Å². The van der Waals surface area contributed by atoms with Crippen LogP contribution < -0.4 is 0 Å². The molecule has 0 N–H and O–H groups in total. The van der Waals surface area contributed by atoms with Gasteiger partial charge in [-0.2, -0.15) is 0 Å². The van der Waals surface area contributed by atoms with Gasteiger partial charge in [-0.3, -0.25) is 4.98 Å². The Morgan fingerprint density at radius 2 is 2.36 bits per heavy atom. The Bertz CT molecular complexity index is 235. The molecule has 60 valence electrons. The maximum absolute atomic E-state index is 4.08. The molecule has 1 atom stereocenters. The summed E-state index contributed by atoms with van der Waals surface area (Å²) in [7, 11) is 0. The van der Waals surface area contributed by atoms with Crippen molar-refractivity contribution < 1.29 is 0 Å². The van der Waals surface area contributed by atoms with Crippen molar-refractivity contribution in [3.05, 3.63) is 28.5 Å². The van der Waals surface area contributed by atoms with Crippen LogP contribution in [0.3, 0.4) is 0 Å². The average molecular weight is 214 g/mol. The van der Waals surface area contributed by atoms with Gasteiger partial charge in [0, 0.05) is 16.9 Å². The zero-order valence-electron chi connectivity index (χ0n) is 6.84. The first-order valence-electron chi connectivity index (χ1n) is 3.85. The van der Waals surface area contributed by atoms with Crippen LogP contribution >= 0.6 is 15.9 Å². The maximum atomic E-state index is 4.08. The van der Waals surface area contributed by atoms with E-state index in [1.807, 2.05) is 12.3 Å². The van der Waals surface area contributed by atoms with E-state index in [4.69, 9.17) is 0 Å². The normalized spacial score (nSPS) is 13.0. The summed E-state index contributed by atoms with van der Waals surface area (Å²) < 4.78 is 1.17. The molecule has 1 rings (SSSR count). The zero-order valence-corrected chi connectivity index (χ0v) is 8.43. The van der Waals surface area contributed by atoms with Crippen LogP contribution in [0.5, 0.6) is 0 Å². The highest BCUT2D eigenvalue weighted by Gasteiger charge is 2.05. The van der Waals surface area contributed by atoms with Gasteiger partial charge < -0.3 is 0 Å². The fraction of sp³-hybridized carbons (Fsp3) is 0.444. The van der Waals surface area contributed by atoms with Gasteiger partial charge in [-0.15, -0.1) is 0 Å². The highest BCUT2D eigenvalue weighted by molar-refractivity contribution is 9.10. The summed E-state index contributed by atoms with van der Waals surface area (Å²) in [5.74, 6) is 0.595. The van der Waals surface area contributed by atoms with Gasteiger partial charge in [-0.25, -0.2) is 0 Å². The van der Waals surface area contributed by atoms with Crippen LogP contribution in [-0.4, -0.2) is 4.98 Å². The first-order chi connectivity index (χ1) is 5.25. The average Bonchev–Trinajstić information content (AvgIpc) is 2.04. The van der Waals surface area contributed by atoms with E-state index in [1.54, 1.807) is 6.20 Å². The molecule has 1 heterocycles. The van der Waals surface area contributed by atoms with Crippen molar-refractivity contribution in [2.75, 3.05) is 0 Å². The van der Waals surface area contributed by atoms with Gasteiger partial charge in [0.25, 0.3) is 0 Å². The van der Waals surface area contributed by atoms with Crippen LogP contribution in [-0.2, 0) is 0 Å². The van der Waals surface area contributed by atoms with Crippen molar-refractivity contribution in [1.82, 2.24) is 4.98 Å². The van der Waals surface area contributed by atoms with Gasteiger partial charge in [-0.1, -0.05) is 29.8 Å². The van der Waals surface area contributed by atoms with Crippen LogP contribution in [0.2, 0.25) is 0 Å². The summed E-state index contributed by atoms with van der Waals surface area (Å²) in [5.41, 5.74) is 1.30. The minimum absolute atomic E-state index is 0.595. The predicted octanol–water partition coefficient (Wildman–Crippen LogP) is 3.36. The van der Waals surface area contributed by atoms with Crippen molar-refractivity contribution in [1.29, 1.82) is 0 Å². The molecule has 0 aliphatic rings. The molecule has 0 saturated heterocycles. The van der Waals surface area contributed by atoms with Crippen LogP contribution in [0, 0.1) is 0 Å². The van der Waals surface area contributed by atoms with Crippen molar-refractivity contribution >= 4 is 15.9 Å². The first kappa shape index (κ1) is 8.72. The Morgan fingerprint density at radius 1 is 1.64 bits per heavy atom. The summed E-state index contributed by atoms with van der Waals surface area (Å²) in [5, 5.41) is 0. The minimum Gasteiger partial charge on any atom is -0.264 e. The lowest BCUT2D eigenvalue weighted by Crippen LogP contribution is -1.92. The first-order valence-corrected chi connectivity index (χ1v) is 4.64. The summed E-state index contributed by atoms with van der Waals surface area (Å²) >= 11 is 3.50. The molecule has 11 heavy (non-hydrogen) atoms. The third-order valence-electron chi connectivity index (χ3n) is 1.94. The predicted molar refractivity (Wildman–Crippen MR) is 50.6 cm³/mol. The smallest absolute Gasteiger partial charge is 0.0313 e. The molecule has 2 heteroatoms. The Hall–Kier alpha value is -0.370. The minimum atomic E-state index is 0.595. The Morgan fingerprint density at radius 3 is 2.91 bits per heavy atom. The molecule has 0 aliphatic carbocycles. The Balaban J connectivity index is 2.93. The van der Waals surface area contributed by atoms with Crippen molar-refractivity contribution in [2.45, 2.75) is 26.2 Å². The number of hydrogen-bond acceptors (Lipinski definition) is 1. The van der Waals surface area contributed by atoms with Gasteiger partial charge in [0.1, 0.15) is 0 Å². The van der Waals surface area contributed by atoms with Crippen molar-refractivity contribution in [3.63, 3.8) is 0 Å². The Labute approximate surface area is 76.0 Å². The van der Waals surface area contributed by atoms with Crippen LogP contribution in [0.25, 0.3) is 0 Å². The largest absolute Gasteiger partial charge is 0.264 e. The molecule has 0 radical (unpaired) electrons. The maximum Gasteiger partial charge on any atom is 0.0313 e. The number of aromatic nitrogens is 1. The fourth-order valence-electron chi connectivity index (χ4n) is 0.972. The second-order valence-electron chi connectivity index (χ2n) is 2.71. The Kier molecular flexibility index (Phi) is 3.06. The molecular formula is C9H12BrN. The molecule has 0 aliphatic heterocycles. The lowest BCUT2D eigenvalue weighted by atomic mass is 10.0. The molecule has 1 aromatic rings. The molecule has 1 aromatic heterocycles. The molecule has 0 fully saturated rings. The molecule has 1 nitrogen and oxygen atoms in total. The number of halogens is 1. The molecule has 1 unspecified atom stereocenters. The highest BCUT2D eigenvalue weighted by atomic mass is 79.9. The fourth-order valence-corrected chi connectivity index (χ4v) is 1.58. The van der Waals surface area contributed by atoms with Crippen molar-refractivity contribution in [3.8, 4) is 0 Å². The van der Waals surface area contributed by atoms with E-state index in [0.717, 1.165) is 6.42 Å². The second-order valence-corrected chi connectivity index (χ2v) is 3.56. The van der Waals surface area contributed by atoms with Gasteiger partial charge >= 0.3 is 0 Å². The van der Waals surface area contributed by atoms with Gasteiger partial charge in [0.05, 0.1) is 0 Å². The van der Waals surface area contributed by atoms with E-state index in [-0.39, 0.29) is 0 Å². The number of pyridine rings is 1. The quantitative estimate of drug-likeness (QED) is 0.735. The van der Waals surface area contributed by atoms with Crippen LogP contribution in [0.15, 0.2) is 22.9 Å². The van der Waals surface area contributed by atoms with E-state index >= 15 is 0 Å². The van der Waals surface area contributed by atoms with Crippen LogP contribution in [0.1, 0.15) is 31.7 Å². The monoisotopic (exact) mass is 213 g/mol. The molecule has 0 saturated carbocycles. The van der Waals surface area contributed by atoms with Gasteiger partial charge in [-0.05, 0) is 24.0 Å². The van der Waals surface area contributed by atoms with E-state index in [9.17, 15) is 0 Å². The van der Waals surface area contributed by atoms with Gasteiger partial charge in [0.15, 0.2) is 0 Å². The lowest BCUT2D eigenvalue weighted by molar-refractivity contribution is 0.726. The van der Waals surface area contributed by atoms with E-state index in [2.05, 4.69) is 34.8 Å². The number of hydrogen-bond donors (Lipinski definition) is 0. The zero-order chi connectivity index (χ0) is 8.27. The number of nitrogens with zero attached hydrogens (tertiary/aromatic N) is 1. The molecule has 0 spiro atoms. The SMILES string of the molecule is CCC(C)c1cnccc1Br. The molecule has 0 aromatic carbocycles. The summed E-state index contributed by atoms with van der Waals surface area (Å²) in [6.45, 7) is 4.39.